The zero-order valence-electron chi connectivity index (χ0n) is 9.01. The van der Waals surface area contributed by atoms with Gasteiger partial charge in [0.25, 0.3) is 0 Å². The first kappa shape index (κ1) is 13.2. The molecule has 2 nitrogen and oxygen atoms in total. The van der Waals surface area contributed by atoms with E-state index in [2.05, 4.69) is 27.8 Å². The Morgan fingerprint density at radius 3 is 3.00 bits per heavy atom. The molecule has 0 unspecified atom stereocenters. The fraction of sp³-hybridized carbons (Fsp3) is 0.333. The van der Waals surface area contributed by atoms with Crippen molar-refractivity contribution < 1.29 is 9.13 Å². The summed E-state index contributed by atoms with van der Waals surface area (Å²) in [6.45, 7) is 5.62. The van der Waals surface area contributed by atoms with Crippen LogP contribution in [-0.4, -0.2) is 13.2 Å². The molecule has 0 aliphatic carbocycles. The number of hydrogen-bond donors (Lipinski definition) is 1. The molecule has 1 N–H and O–H groups in total. The van der Waals surface area contributed by atoms with Gasteiger partial charge in [-0.2, -0.15) is 0 Å². The summed E-state index contributed by atoms with van der Waals surface area (Å²) in [5.74, 6) is -0.228. The van der Waals surface area contributed by atoms with Gasteiger partial charge >= 0.3 is 0 Å². The van der Waals surface area contributed by atoms with E-state index in [4.69, 9.17) is 4.74 Å². The van der Waals surface area contributed by atoms with Crippen LogP contribution in [0.3, 0.4) is 0 Å². The largest absolute Gasteiger partial charge is 0.502 e. The fourth-order valence-electron chi connectivity index (χ4n) is 1.25. The van der Waals surface area contributed by atoms with E-state index in [0.717, 1.165) is 18.5 Å². The first-order valence-corrected chi connectivity index (χ1v) is 5.90. The quantitative estimate of drug-likeness (QED) is 0.614. The maximum atomic E-state index is 13.1. The lowest BCUT2D eigenvalue weighted by molar-refractivity contribution is 0.244. The SMILES string of the molecule is C=COCCCNCc1ccc(Br)c(F)c1. The minimum atomic E-state index is -0.228. The van der Waals surface area contributed by atoms with E-state index < -0.39 is 0 Å². The number of nitrogens with one attached hydrogen (secondary N) is 1. The molecule has 0 saturated carbocycles. The van der Waals surface area contributed by atoms with Crippen molar-refractivity contribution in [1.29, 1.82) is 0 Å². The highest BCUT2D eigenvalue weighted by atomic mass is 79.9. The molecule has 0 saturated heterocycles. The fourth-order valence-corrected chi connectivity index (χ4v) is 1.49. The van der Waals surface area contributed by atoms with Gasteiger partial charge in [0.15, 0.2) is 0 Å². The number of ether oxygens (including phenoxy) is 1. The Balaban J connectivity index is 2.21. The van der Waals surface area contributed by atoms with E-state index in [9.17, 15) is 4.39 Å². The summed E-state index contributed by atoms with van der Waals surface area (Å²) in [4.78, 5) is 0. The standard InChI is InChI=1S/C12H15BrFNO/c1-2-16-7-3-6-15-9-10-4-5-11(13)12(14)8-10/h2,4-5,8,15H,1,3,6-7,9H2. The molecule has 1 rings (SSSR count). The molecule has 0 atom stereocenters. The molecule has 0 fully saturated rings. The Bertz CT molecular complexity index is 344. The van der Waals surface area contributed by atoms with Crippen LogP contribution in [0.4, 0.5) is 4.39 Å². The summed E-state index contributed by atoms with van der Waals surface area (Å²) >= 11 is 3.12. The highest BCUT2D eigenvalue weighted by molar-refractivity contribution is 9.10. The van der Waals surface area contributed by atoms with Gasteiger partial charge in [-0.15, -0.1) is 0 Å². The van der Waals surface area contributed by atoms with Gasteiger partial charge in [0.05, 0.1) is 17.3 Å². The van der Waals surface area contributed by atoms with Gasteiger partial charge in [-0.05, 0) is 46.6 Å². The van der Waals surface area contributed by atoms with Gasteiger partial charge < -0.3 is 10.1 Å². The van der Waals surface area contributed by atoms with Crippen LogP contribution in [0.15, 0.2) is 35.5 Å². The van der Waals surface area contributed by atoms with Gasteiger partial charge in [0.1, 0.15) is 5.82 Å². The second-order valence-electron chi connectivity index (χ2n) is 3.32. The Labute approximate surface area is 104 Å². The van der Waals surface area contributed by atoms with Gasteiger partial charge in [-0.25, -0.2) is 4.39 Å². The molecule has 0 spiro atoms. The smallest absolute Gasteiger partial charge is 0.137 e. The van der Waals surface area contributed by atoms with E-state index in [-0.39, 0.29) is 5.82 Å². The van der Waals surface area contributed by atoms with E-state index in [1.807, 2.05) is 6.07 Å². The summed E-state index contributed by atoms with van der Waals surface area (Å²) in [6, 6.07) is 5.13. The molecular formula is C12H15BrFNO. The number of hydrogen-bond acceptors (Lipinski definition) is 2. The number of halogens is 2. The van der Waals surface area contributed by atoms with Gasteiger partial charge in [-0.1, -0.05) is 12.6 Å². The molecule has 1 aromatic carbocycles. The molecule has 0 heterocycles. The Morgan fingerprint density at radius 2 is 2.31 bits per heavy atom. The molecular weight excluding hydrogens is 273 g/mol. The van der Waals surface area contributed by atoms with Crippen LogP contribution in [0.1, 0.15) is 12.0 Å². The average Bonchev–Trinajstić information content (AvgIpc) is 2.28. The third-order valence-electron chi connectivity index (χ3n) is 2.05. The van der Waals surface area contributed by atoms with E-state index in [0.29, 0.717) is 17.6 Å². The van der Waals surface area contributed by atoms with Crippen molar-refractivity contribution in [3.8, 4) is 0 Å². The first-order valence-electron chi connectivity index (χ1n) is 5.11. The van der Waals surface area contributed by atoms with Crippen molar-refractivity contribution in [1.82, 2.24) is 5.32 Å². The van der Waals surface area contributed by atoms with E-state index >= 15 is 0 Å². The van der Waals surface area contributed by atoms with Crippen molar-refractivity contribution in [2.24, 2.45) is 0 Å². The maximum Gasteiger partial charge on any atom is 0.137 e. The number of rotatable bonds is 7. The summed E-state index contributed by atoms with van der Waals surface area (Å²) < 4.78 is 18.6. The summed E-state index contributed by atoms with van der Waals surface area (Å²) in [6.07, 6.45) is 2.34. The van der Waals surface area contributed by atoms with Crippen LogP contribution in [0, 0.1) is 5.82 Å². The van der Waals surface area contributed by atoms with Crippen LogP contribution in [0.2, 0.25) is 0 Å². The highest BCUT2D eigenvalue weighted by Gasteiger charge is 1.99. The molecule has 0 aliphatic heterocycles. The topological polar surface area (TPSA) is 21.3 Å². The second kappa shape index (κ2) is 7.41. The predicted molar refractivity (Wildman–Crippen MR) is 66.6 cm³/mol. The maximum absolute atomic E-state index is 13.1. The molecule has 0 radical (unpaired) electrons. The van der Waals surface area contributed by atoms with Crippen molar-refractivity contribution in [3.63, 3.8) is 0 Å². The van der Waals surface area contributed by atoms with Crippen molar-refractivity contribution in [2.75, 3.05) is 13.2 Å². The summed E-state index contributed by atoms with van der Waals surface area (Å²) in [5.41, 5.74) is 0.935. The minimum Gasteiger partial charge on any atom is -0.502 e. The molecule has 88 valence electrons. The third kappa shape index (κ3) is 4.77. The Morgan fingerprint density at radius 1 is 1.50 bits per heavy atom. The lowest BCUT2D eigenvalue weighted by atomic mass is 10.2. The Kier molecular flexibility index (Phi) is 6.11. The minimum absolute atomic E-state index is 0.228. The van der Waals surface area contributed by atoms with Gasteiger partial charge in [-0.3, -0.25) is 0 Å². The van der Waals surface area contributed by atoms with Crippen LogP contribution in [0.25, 0.3) is 0 Å². The van der Waals surface area contributed by atoms with Gasteiger partial charge in [0.2, 0.25) is 0 Å². The number of benzene rings is 1. The molecule has 0 aromatic heterocycles. The summed E-state index contributed by atoms with van der Waals surface area (Å²) in [7, 11) is 0. The van der Waals surface area contributed by atoms with Crippen LogP contribution < -0.4 is 5.32 Å². The lowest BCUT2D eigenvalue weighted by Gasteiger charge is -2.05. The zero-order chi connectivity index (χ0) is 11.8. The van der Waals surface area contributed by atoms with Crippen molar-refractivity contribution in [2.45, 2.75) is 13.0 Å². The van der Waals surface area contributed by atoms with Crippen LogP contribution in [0.5, 0.6) is 0 Å². The predicted octanol–water partition coefficient (Wildman–Crippen LogP) is 3.23. The van der Waals surface area contributed by atoms with E-state index in [1.54, 1.807) is 6.07 Å². The molecule has 16 heavy (non-hydrogen) atoms. The lowest BCUT2D eigenvalue weighted by Crippen LogP contribution is -2.16. The average molecular weight is 288 g/mol. The molecule has 1 aromatic rings. The van der Waals surface area contributed by atoms with Gasteiger partial charge in [0, 0.05) is 6.54 Å². The zero-order valence-corrected chi connectivity index (χ0v) is 10.6. The normalized spacial score (nSPS) is 10.1. The molecule has 0 aliphatic rings. The third-order valence-corrected chi connectivity index (χ3v) is 2.69. The van der Waals surface area contributed by atoms with Crippen molar-refractivity contribution >= 4 is 15.9 Å². The second-order valence-corrected chi connectivity index (χ2v) is 4.17. The first-order chi connectivity index (χ1) is 7.74. The molecule has 4 heteroatoms. The van der Waals surface area contributed by atoms with Crippen molar-refractivity contribution in [3.05, 3.63) is 46.9 Å². The molecule has 0 bridgehead atoms. The van der Waals surface area contributed by atoms with E-state index in [1.165, 1.54) is 12.3 Å². The monoisotopic (exact) mass is 287 g/mol. The molecule has 0 amide bonds. The Hall–Kier alpha value is -0.870. The summed E-state index contributed by atoms with van der Waals surface area (Å²) in [5, 5.41) is 3.21. The van der Waals surface area contributed by atoms with Crippen LogP contribution in [-0.2, 0) is 11.3 Å². The van der Waals surface area contributed by atoms with Crippen LogP contribution >= 0.6 is 15.9 Å². The highest BCUT2D eigenvalue weighted by Crippen LogP contribution is 2.16.